The van der Waals surface area contributed by atoms with E-state index in [1.54, 1.807) is 37.5 Å². The number of rotatable bonds is 7. The fourth-order valence-corrected chi connectivity index (χ4v) is 3.83. The fourth-order valence-electron chi connectivity index (χ4n) is 2.58. The number of carbonyl (C=O) groups excluding carboxylic acids is 1. The molecule has 0 radical (unpaired) electrons. The van der Waals surface area contributed by atoms with Crippen molar-refractivity contribution in [2.24, 2.45) is 0 Å². The molecule has 0 aliphatic heterocycles. The highest BCUT2D eigenvalue weighted by Crippen LogP contribution is 2.29. The van der Waals surface area contributed by atoms with E-state index in [0.717, 1.165) is 20.9 Å². The molecule has 1 heterocycles. The molecule has 0 bridgehead atoms. The summed E-state index contributed by atoms with van der Waals surface area (Å²) in [5.74, 6) is 1.22. The van der Waals surface area contributed by atoms with E-state index >= 15 is 0 Å². The van der Waals surface area contributed by atoms with Crippen LogP contribution in [-0.4, -0.2) is 12.9 Å². The van der Waals surface area contributed by atoms with Crippen molar-refractivity contribution in [2.75, 3.05) is 7.11 Å². The van der Waals surface area contributed by atoms with Crippen LogP contribution in [-0.2, 0) is 6.61 Å². The van der Waals surface area contributed by atoms with Gasteiger partial charge in [-0.15, -0.1) is 11.3 Å². The largest absolute Gasteiger partial charge is 0.496 e. The SMILES string of the molecule is COc1ccc(/C=C/C(=O)c2ccc(C)s2)cc1COc1ccc(Cl)cc1Cl. The van der Waals surface area contributed by atoms with Crippen LogP contribution in [0.4, 0.5) is 0 Å². The molecule has 0 unspecified atom stereocenters. The topological polar surface area (TPSA) is 35.5 Å². The third kappa shape index (κ3) is 5.16. The first-order chi connectivity index (χ1) is 13.5. The van der Waals surface area contributed by atoms with Gasteiger partial charge in [0.15, 0.2) is 5.78 Å². The van der Waals surface area contributed by atoms with Gasteiger partial charge in [0.1, 0.15) is 18.1 Å². The number of methoxy groups -OCH3 is 1. The molecule has 28 heavy (non-hydrogen) atoms. The number of benzene rings is 2. The number of thiophene rings is 1. The molecule has 0 atom stereocenters. The van der Waals surface area contributed by atoms with Crippen LogP contribution in [0.3, 0.4) is 0 Å². The van der Waals surface area contributed by atoms with Crippen molar-refractivity contribution in [1.82, 2.24) is 0 Å². The van der Waals surface area contributed by atoms with Crippen molar-refractivity contribution < 1.29 is 14.3 Å². The monoisotopic (exact) mass is 432 g/mol. The Balaban J connectivity index is 1.75. The first-order valence-corrected chi connectivity index (χ1v) is 10.1. The summed E-state index contributed by atoms with van der Waals surface area (Å²) >= 11 is 13.6. The quantitative estimate of drug-likeness (QED) is 0.302. The normalized spacial score (nSPS) is 11.0. The average Bonchev–Trinajstić information content (AvgIpc) is 3.12. The lowest BCUT2D eigenvalue weighted by Crippen LogP contribution is -2.00. The first-order valence-electron chi connectivity index (χ1n) is 8.50. The highest BCUT2D eigenvalue weighted by Gasteiger charge is 2.08. The van der Waals surface area contributed by atoms with Crippen LogP contribution in [0.2, 0.25) is 10.0 Å². The Morgan fingerprint density at radius 3 is 2.54 bits per heavy atom. The summed E-state index contributed by atoms with van der Waals surface area (Å²) in [4.78, 5) is 14.1. The van der Waals surface area contributed by atoms with Gasteiger partial charge in [-0.3, -0.25) is 4.79 Å². The predicted molar refractivity (Wildman–Crippen MR) is 116 cm³/mol. The molecule has 2 aromatic carbocycles. The van der Waals surface area contributed by atoms with E-state index < -0.39 is 0 Å². The zero-order valence-electron chi connectivity index (χ0n) is 15.4. The summed E-state index contributed by atoms with van der Waals surface area (Å²) < 4.78 is 11.2. The van der Waals surface area contributed by atoms with Gasteiger partial charge in [0.2, 0.25) is 0 Å². The second-order valence-corrected chi connectivity index (χ2v) is 8.17. The summed E-state index contributed by atoms with van der Waals surface area (Å²) in [7, 11) is 1.60. The summed E-state index contributed by atoms with van der Waals surface area (Å²) in [5.41, 5.74) is 1.72. The molecule has 0 saturated carbocycles. The Kier molecular flexibility index (Phi) is 6.79. The summed E-state index contributed by atoms with van der Waals surface area (Å²) in [6.45, 7) is 2.25. The number of ketones is 1. The van der Waals surface area contributed by atoms with Crippen LogP contribution < -0.4 is 9.47 Å². The molecule has 0 N–H and O–H groups in total. The van der Waals surface area contributed by atoms with Gasteiger partial charge in [-0.1, -0.05) is 35.3 Å². The number of aryl methyl sites for hydroxylation is 1. The van der Waals surface area contributed by atoms with Gasteiger partial charge >= 0.3 is 0 Å². The van der Waals surface area contributed by atoms with Gasteiger partial charge in [-0.05, 0) is 61.0 Å². The molecular weight excluding hydrogens is 415 g/mol. The molecule has 0 aliphatic rings. The maximum atomic E-state index is 12.3. The molecule has 144 valence electrons. The van der Waals surface area contributed by atoms with Gasteiger partial charge < -0.3 is 9.47 Å². The number of hydrogen-bond acceptors (Lipinski definition) is 4. The maximum Gasteiger partial charge on any atom is 0.195 e. The molecule has 3 rings (SSSR count). The second kappa shape index (κ2) is 9.28. The Labute approximate surface area is 178 Å². The lowest BCUT2D eigenvalue weighted by atomic mass is 10.1. The van der Waals surface area contributed by atoms with E-state index in [4.69, 9.17) is 32.7 Å². The molecule has 1 aromatic heterocycles. The van der Waals surface area contributed by atoms with E-state index in [0.29, 0.717) is 21.5 Å². The van der Waals surface area contributed by atoms with Crippen molar-refractivity contribution in [3.05, 3.63) is 85.5 Å². The van der Waals surface area contributed by atoms with Crippen molar-refractivity contribution in [3.8, 4) is 11.5 Å². The van der Waals surface area contributed by atoms with Crippen LogP contribution in [0.25, 0.3) is 6.08 Å². The van der Waals surface area contributed by atoms with Crippen molar-refractivity contribution in [1.29, 1.82) is 0 Å². The van der Waals surface area contributed by atoms with Crippen LogP contribution in [0, 0.1) is 6.92 Å². The zero-order chi connectivity index (χ0) is 20.1. The Hall–Kier alpha value is -2.27. The van der Waals surface area contributed by atoms with Crippen LogP contribution >= 0.6 is 34.5 Å². The van der Waals surface area contributed by atoms with E-state index in [2.05, 4.69) is 0 Å². The van der Waals surface area contributed by atoms with Gasteiger partial charge in [-0.2, -0.15) is 0 Å². The molecular formula is C22H18Cl2O3S. The minimum Gasteiger partial charge on any atom is -0.496 e. The van der Waals surface area contributed by atoms with E-state index in [1.807, 2.05) is 37.3 Å². The third-order valence-electron chi connectivity index (χ3n) is 3.99. The van der Waals surface area contributed by atoms with Crippen molar-refractivity contribution in [2.45, 2.75) is 13.5 Å². The van der Waals surface area contributed by atoms with Crippen LogP contribution in [0.5, 0.6) is 11.5 Å². The smallest absolute Gasteiger partial charge is 0.195 e. The molecule has 0 spiro atoms. The van der Waals surface area contributed by atoms with Crippen molar-refractivity contribution in [3.63, 3.8) is 0 Å². The molecule has 3 nitrogen and oxygen atoms in total. The van der Waals surface area contributed by atoms with Gasteiger partial charge in [-0.25, -0.2) is 0 Å². The molecule has 0 aliphatic carbocycles. The predicted octanol–water partition coefficient (Wildman–Crippen LogP) is 6.85. The summed E-state index contributed by atoms with van der Waals surface area (Å²) in [6.07, 6.45) is 3.36. The second-order valence-electron chi connectivity index (χ2n) is 6.04. The van der Waals surface area contributed by atoms with Gasteiger partial charge in [0, 0.05) is 15.5 Å². The maximum absolute atomic E-state index is 12.3. The lowest BCUT2D eigenvalue weighted by Gasteiger charge is -2.12. The highest BCUT2D eigenvalue weighted by atomic mass is 35.5. The number of halogens is 2. The fraction of sp³-hybridized carbons (Fsp3) is 0.136. The van der Waals surface area contributed by atoms with Crippen molar-refractivity contribution >= 4 is 46.4 Å². The zero-order valence-corrected chi connectivity index (χ0v) is 17.7. The minimum atomic E-state index is -0.0142. The number of hydrogen-bond donors (Lipinski definition) is 0. The highest BCUT2D eigenvalue weighted by molar-refractivity contribution is 7.14. The molecule has 0 saturated heterocycles. The Bertz CT molecular complexity index is 1020. The first kappa shape index (κ1) is 20.5. The molecule has 3 aromatic rings. The van der Waals surface area contributed by atoms with E-state index in [9.17, 15) is 4.79 Å². The standard InChI is InChI=1S/C22H18Cl2O3S/c1-14-3-10-22(28-14)19(25)7-4-15-5-8-20(26-2)16(11-15)13-27-21-9-6-17(23)12-18(21)24/h3-12H,13H2,1-2H3/b7-4+. The van der Waals surface area contributed by atoms with Gasteiger partial charge in [0.25, 0.3) is 0 Å². The lowest BCUT2D eigenvalue weighted by molar-refractivity contribution is 0.105. The van der Waals surface area contributed by atoms with E-state index in [1.165, 1.54) is 11.3 Å². The number of carbonyl (C=O) groups is 1. The molecule has 0 fully saturated rings. The van der Waals surface area contributed by atoms with E-state index in [-0.39, 0.29) is 12.4 Å². The Morgan fingerprint density at radius 2 is 1.86 bits per heavy atom. The third-order valence-corrected chi connectivity index (χ3v) is 5.54. The number of allylic oxidation sites excluding steroid dienone is 1. The van der Waals surface area contributed by atoms with Gasteiger partial charge in [0.05, 0.1) is 17.0 Å². The Morgan fingerprint density at radius 1 is 1.07 bits per heavy atom. The van der Waals surface area contributed by atoms with Crippen LogP contribution in [0.15, 0.2) is 54.6 Å². The minimum absolute atomic E-state index is 0.0142. The molecule has 0 amide bonds. The summed E-state index contributed by atoms with van der Waals surface area (Å²) in [5, 5.41) is 0.993. The number of ether oxygens (including phenoxy) is 2. The average molecular weight is 433 g/mol. The molecule has 6 heteroatoms. The summed E-state index contributed by atoms with van der Waals surface area (Å²) in [6, 6.07) is 14.5. The van der Waals surface area contributed by atoms with Crippen LogP contribution in [0.1, 0.15) is 25.7 Å².